The number of nitrogens with two attached hydrogens (primary N) is 1. The number of benzene rings is 1. The van der Waals surface area contributed by atoms with Gasteiger partial charge in [0.2, 0.25) is 5.91 Å². The number of hydrogen-bond donors (Lipinski definition) is 2. The van der Waals surface area contributed by atoms with E-state index in [0.29, 0.717) is 12.8 Å². The van der Waals surface area contributed by atoms with Crippen LogP contribution >= 0.6 is 0 Å². The summed E-state index contributed by atoms with van der Waals surface area (Å²) >= 11 is 0. The molecule has 0 bridgehead atoms. The highest BCUT2D eigenvalue weighted by molar-refractivity contribution is 5.88. The summed E-state index contributed by atoms with van der Waals surface area (Å²) in [5, 5.41) is 0. The van der Waals surface area contributed by atoms with Crippen LogP contribution in [0, 0.1) is 11.6 Å². The molecule has 2 rings (SSSR count). The summed E-state index contributed by atoms with van der Waals surface area (Å²) in [5.74, 6) is 3.34. The third kappa shape index (κ3) is 1.48. The van der Waals surface area contributed by atoms with Crippen LogP contribution in [0.4, 0.5) is 8.78 Å². The first-order chi connectivity index (χ1) is 7.60. The van der Waals surface area contributed by atoms with Gasteiger partial charge in [-0.2, -0.15) is 0 Å². The summed E-state index contributed by atoms with van der Waals surface area (Å²) in [5.41, 5.74) is 1.36. The average Bonchev–Trinajstić information content (AvgIpc) is 2.19. The Morgan fingerprint density at radius 2 is 2.06 bits per heavy atom. The molecule has 5 heteroatoms. The SMILES string of the molecule is NNC(=O)C1(c2ccc(F)cc2F)CCC1. The van der Waals surface area contributed by atoms with Gasteiger partial charge in [-0.25, -0.2) is 14.6 Å². The molecule has 1 saturated carbocycles. The van der Waals surface area contributed by atoms with Crippen molar-refractivity contribution < 1.29 is 13.6 Å². The largest absolute Gasteiger partial charge is 0.293 e. The van der Waals surface area contributed by atoms with Crippen molar-refractivity contribution in [3.05, 3.63) is 35.4 Å². The molecule has 0 unspecified atom stereocenters. The lowest BCUT2D eigenvalue weighted by molar-refractivity contribution is -0.130. The molecule has 3 N–H and O–H groups in total. The van der Waals surface area contributed by atoms with Crippen molar-refractivity contribution in [3.8, 4) is 0 Å². The summed E-state index contributed by atoms with van der Waals surface area (Å²) in [6.07, 6.45) is 1.92. The lowest BCUT2D eigenvalue weighted by Gasteiger charge is -2.40. The topological polar surface area (TPSA) is 55.1 Å². The van der Waals surface area contributed by atoms with Crippen molar-refractivity contribution in [3.63, 3.8) is 0 Å². The monoisotopic (exact) mass is 226 g/mol. The minimum atomic E-state index is -0.910. The Morgan fingerprint density at radius 3 is 2.50 bits per heavy atom. The van der Waals surface area contributed by atoms with Crippen molar-refractivity contribution in [2.45, 2.75) is 24.7 Å². The maximum atomic E-state index is 13.6. The van der Waals surface area contributed by atoms with E-state index in [4.69, 9.17) is 5.84 Å². The van der Waals surface area contributed by atoms with E-state index in [2.05, 4.69) is 0 Å². The van der Waals surface area contributed by atoms with Gasteiger partial charge in [-0.05, 0) is 18.9 Å². The van der Waals surface area contributed by atoms with Gasteiger partial charge in [-0.3, -0.25) is 10.2 Å². The molecule has 1 aliphatic rings. The van der Waals surface area contributed by atoms with Crippen LogP contribution in [0.1, 0.15) is 24.8 Å². The molecule has 86 valence electrons. The first-order valence-corrected chi connectivity index (χ1v) is 5.07. The van der Waals surface area contributed by atoms with Gasteiger partial charge in [0.25, 0.3) is 0 Å². The molecule has 0 aliphatic heterocycles. The second-order valence-corrected chi connectivity index (χ2v) is 4.03. The van der Waals surface area contributed by atoms with Gasteiger partial charge in [0.1, 0.15) is 11.6 Å². The van der Waals surface area contributed by atoms with E-state index in [1.54, 1.807) is 0 Å². The van der Waals surface area contributed by atoms with Crippen LogP contribution in [0.2, 0.25) is 0 Å². The van der Waals surface area contributed by atoms with Gasteiger partial charge in [-0.1, -0.05) is 12.5 Å². The van der Waals surface area contributed by atoms with Gasteiger partial charge in [0, 0.05) is 11.6 Å². The molecule has 0 atom stereocenters. The maximum absolute atomic E-state index is 13.6. The second-order valence-electron chi connectivity index (χ2n) is 4.03. The highest BCUT2D eigenvalue weighted by Gasteiger charge is 2.47. The molecule has 3 nitrogen and oxygen atoms in total. The quantitative estimate of drug-likeness (QED) is 0.454. The molecule has 1 aromatic rings. The van der Waals surface area contributed by atoms with Crippen LogP contribution in [0.15, 0.2) is 18.2 Å². The maximum Gasteiger partial charge on any atom is 0.244 e. The lowest BCUT2D eigenvalue weighted by atomic mass is 9.63. The van der Waals surface area contributed by atoms with Crippen molar-refractivity contribution >= 4 is 5.91 Å². The molecular formula is C11H12F2N2O. The zero-order valence-corrected chi connectivity index (χ0v) is 8.59. The van der Waals surface area contributed by atoms with Crippen LogP contribution in [0.3, 0.4) is 0 Å². The molecular weight excluding hydrogens is 214 g/mol. The molecule has 0 saturated heterocycles. The summed E-state index contributed by atoms with van der Waals surface area (Å²) in [6.45, 7) is 0. The standard InChI is InChI=1S/C11H12F2N2O/c12-7-2-3-8(9(13)6-7)11(4-1-5-11)10(16)15-14/h2-3,6H,1,4-5,14H2,(H,15,16). The summed E-state index contributed by atoms with van der Waals surface area (Å²) in [4.78, 5) is 11.7. The van der Waals surface area contributed by atoms with E-state index in [1.165, 1.54) is 6.07 Å². The highest BCUT2D eigenvalue weighted by Crippen LogP contribution is 2.44. The molecule has 0 aromatic heterocycles. The lowest BCUT2D eigenvalue weighted by Crippen LogP contribution is -2.51. The van der Waals surface area contributed by atoms with Crippen LogP contribution in [0.5, 0.6) is 0 Å². The molecule has 1 aromatic carbocycles. The third-order valence-electron chi connectivity index (χ3n) is 3.22. The first kappa shape index (κ1) is 11.0. The van der Waals surface area contributed by atoms with E-state index < -0.39 is 23.0 Å². The zero-order chi connectivity index (χ0) is 11.8. The predicted molar refractivity (Wildman–Crippen MR) is 54.2 cm³/mol. The number of nitrogens with one attached hydrogen (secondary N) is 1. The van der Waals surface area contributed by atoms with Gasteiger partial charge in [0.15, 0.2) is 0 Å². The fourth-order valence-corrected chi connectivity index (χ4v) is 2.16. The molecule has 1 aliphatic carbocycles. The van der Waals surface area contributed by atoms with Gasteiger partial charge >= 0.3 is 0 Å². The fourth-order valence-electron chi connectivity index (χ4n) is 2.16. The Balaban J connectivity index is 2.45. The molecule has 1 amide bonds. The Bertz CT molecular complexity index is 430. The number of hydrazine groups is 1. The Kier molecular flexibility index (Phi) is 2.63. The van der Waals surface area contributed by atoms with Gasteiger partial charge in [-0.15, -0.1) is 0 Å². The third-order valence-corrected chi connectivity index (χ3v) is 3.22. The van der Waals surface area contributed by atoms with E-state index in [-0.39, 0.29) is 5.56 Å². The smallest absolute Gasteiger partial charge is 0.244 e. The van der Waals surface area contributed by atoms with E-state index in [0.717, 1.165) is 18.6 Å². The number of hydrogen-bond acceptors (Lipinski definition) is 2. The predicted octanol–water partition coefficient (Wildman–Crippen LogP) is 1.38. The zero-order valence-electron chi connectivity index (χ0n) is 8.59. The highest BCUT2D eigenvalue weighted by atomic mass is 19.1. The van der Waals surface area contributed by atoms with Gasteiger partial charge in [0.05, 0.1) is 5.41 Å². The minimum Gasteiger partial charge on any atom is -0.293 e. The number of amides is 1. The normalized spacial score (nSPS) is 17.7. The Labute approximate surface area is 91.6 Å². The van der Waals surface area contributed by atoms with Crippen molar-refractivity contribution in [2.75, 3.05) is 0 Å². The summed E-state index contributed by atoms with van der Waals surface area (Å²) in [6, 6.07) is 3.26. The molecule has 0 radical (unpaired) electrons. The van der Waals surface area contributed by atoms with E-state index in [1.807, 2.05) is 5.43 Å². The number of carbonyl (C=O) groups excluding carboxylic acids is 1. The van der Waals surface area contributed by atoms with Crippen molar-refractivity contribution in [2.24, 2.45) is 5.84 Å². The van der Waals surface area contributed by atoms with E-state index >= 15 is 0 Å². The summed E-state index contributed by atoms with van der Waals surface area (Å²) < 4.78 is 26.4. The number of halogens is 2. The Hall–Kier alpha value is -1.49. The summed E-state index contributed by atoms with van der Waals surface area (Å²) in [7, 11) is 0. The van der Waals surface area contributed by atoms with E-state index in [9.17, 15) is 13.6 Å². The molecule has 16 heavy (non-hydrogen) atoms. The molecule has 0 spiro atoms. The molecule has 1 fully saturated rings. The van der Waals surface area contributed by atoms with Crippen molar-refractivity contribution in [1.82, 2.24) is 5.43 Å². The number of rotatable bonds is 2. The molecule has 0 heterocycles. The average molecular weight is 226 g/mol. The first-order valence-electron chi connectivity index (χ1n) is 5.07. The fraction of sp³-hybridized carbons (Fsp3) is 0.364. The number of carbonyl (C=O) groups is 1. The van der Waals surface area contributed by atoms with Crippen LogP contribution in [0.25, 0.3) is 0 Å². The minimum absolute atomic E-state index is 0.225. The van der Waals surface area contributed by atoms with Gasteiger partial charge < -0.3 is 0 Å². The second kappa shape index (κ2) is 3.83. The van der Waals surface area contributed by atoms with Crippen LogP contribution in [-0.4, -0.2) is 5.91 Å². The Morgan fingerprint density at radius 1 is 1.38 bits per heavy atom. The van der Waals surface area contributed by atoms with Crippen LogP contribution in [-0.2, 0) is 10.2 Å². The van der Waals surface area contributed by atoms with Crippen LogP contribution < -0.4 is 11.3 Å². The van der Waals surface area contributed by atoms with Crippen molar-refractivity contribution in [1.29, 1.82) is 0 Å².